The van der Waals surface area contributed by atoms with Crippen LogP contribution in [0.3, 0.4) is 0 Å². The van der Waals surface area contributed by atoms with Gasteiger partial charge in [0.05, 0.1) is 28.4 Å². The number of benzene rings is 7. The predicted octanol–water partition coefficient (Wildman–Crippen LogP) is 12.2. The van der Waals surface area contributed by atoms with Gasteiger partial charge in [0.25, 0.3) is 0 Å². The average molecular weight is 717 g/mol. The van der Waals surface area contributed by atoms with Crippen molar-refractivity contribution >= 4 is 34.1 Å². The maximum atomic E-state index is 6.29. The van der Waals surface area contributed by atoms with Gasteiger partial charge >= 0.3 is 0 Å². The van der Waals surface area contributed by atoms with Crippen molar-refractivity contribution in [1.29, 1.82) is 0 Å². The van der Waals surface area contributed by atoms with Crippen LogP contribution in [0.1, 0.15) is 0 Å². The molecule has 54 heavy (non-hydrogen) atoms. The Morgan fingerprint density at radius 1 is 0.259 bits per heavy atom. The number of anilines is 6. The Bertz CT molecular complexity index is 1990. The van der Waals surface area contributed by atoms with E-state index in [1.54, 1.807) is 28.4 Å². The molecule has 0 heterocycles. The van der Waals surface area contributed by atoms with E-state index >= 15 is 0 Å². The van der Waals surface area contributed by atoms with E-state index in [-0.39, 0.29) is 0 Å². The van der Waals surface area contributed by atoms with Crippen molar-refractivity contribution in [3.8, 4) is 46.0 Å². The summed E-state index contributed by atoms with van der Waals surface area (Å²) in [5.74, 6) is 5.88. The van der Waals surface area contributed by atoms with Crippen LogP contribution in [0.5, 0.6) is 46.0 Å². The van der Waals surface area contributed by atoms with Gasteiger partial charge in [0.15, 0.2) is 0 Å². The maximum Gasteiger partial charge on any atom is 0.131 e. The molecule has 0 aliphatic carbocycles. The standard InChI is InChI=1S/C46H40N2O6/c1-49-39-20-8-33(9-21-39)47(34-10-22-40(50-2)23-11-34)37-16-28-43(29-17-37)53-45-6-5-7-46(32-45)54-44-30-18-38(19-31-44)48(35-12-24-41(51-3)25-13-35)36-14-26-42(52-4)27-15-36/h5-32H,1-4H3. The molecule has 7 rings (SSSR count). The molecule has 0 spiro atoms. The lowest BCUT2D eigenvalue weighted by Crippen LogP contribution is -2.09. The van der Waals surface area contributed by atoms with Crippen LogP contribution in [-0.4, -0.2) is 28.4 Å². The summed E-state index contributed by atoms with van der Waals surface area (Å²) in [6, 6.07) is 55.4. The van der Waals surface area contributed by atoms with E-state index < -0.39 is 0 Å². The van der Waals surface area contributed by atoms with Crippen molar-refractivity contribution in [2.45, 2.75) is 0 Å². The second-order valence-corrected chi connectivity index (χ2v) is 12.1. The van der Waals surface area contributed by atoms with Gasteiger partial charge in [0, 0.05) is 40.2 Å². The van der Waals surface area contributed by atoms with Crippen molar-refractivity contribution < 1.29 is 28.4 Å². The molecule has 0 saturated heterocycles. The highest BCUT2D eigenvalue weighted by molar-refractivity contribution is 5.78. The van der Waals surface area contributed by atoms with Crippen LogP contribution in [0.25, 0.3) is 0 Å². The highest BCUT2D eigenvalue weighted by Gasteiger charge is 2.15. The molecule has 0 saturated carbocycles. The molecule has 0 amide bonds. The van der Waals surface area contributed by atoms with E-state index in [1.807, 2.05) is 170 Å². The molecule has 0 bridgehead atoms. The molecule has 7 aromatic rings. The first-order valence-corrected chi connectivity index (χ1v) is 17.4. The lowest BCUT2D eigenvalue weighted by atomic mass is 10.2. The fraction of sp³-hybridized carbons (Fsp3) is 0.0870. The smallest absolute Gasteiger partial charge is 0.131 e. The normalized spacial score (nSPS) is 10.6. The molecule has 0 aliphatic heterocycles. The highest BCUT2D eigenvalue weighted by Crippen LogP contribution is 2.39. The molecular weight excluding hydrogens is 677 g/mol. The maximum absolute atomic E-state index is 6.29. The summed E-state index contributed by atoms with van der Waals surface area (Å²) in [6.07, 6.45) is 0. The van der Waals surface area contributed by atoms with Gasteiger partial charge in [-0.15, -0.1) is 0 Å². The van der Waals surface area contributed by atoms with Gasteiger partial charge in [-0.05, 0) is 158 Å². The summed E-state index contributed by atoms with van der Waals surface area (Å²) in [7, 11) is 6.66. The number of methoxy groups -OCH3 is 4. The van der Waals surface area contributed by atoms with Crippen LogP contribution in [0.4, 0.5) is 34.1 Å². The zero-order valence-electron chi connectivity index (χ0n) is 30.5. The third-order valence-corrected chi connectivity index (χ3v) is 8.79. The molecule has 8 nitrogen and oxygen atoms in total. The quantitative estimate of drug-likeness (QED) is 0.110. The van der Waals surface area contributed by atoms with Crippen molar-refractivity contribution in [1.82, 2.24) is 0 Å². The summed E-state index contributed by atoms with van der Waals surface area (Å²) in [4.78, 5) is 4.32. The molecule has 0 unspecified atom stereocenters. The van der Waals surface area contributed by atoms with Crippen LogP contribution in [0.15, 0.2) is 170 Å². The Labute approximate surface area is 315 Å². The first-order chi connectivity index (χ1) is 26.5. The lowest BCUT2D eigenvalue weighted by Gasteiger charge is -2.26. The Balaban J connectivity index is 1.07. The zero-order chi connectivity index (χ0) is 37.3. The first kappa shape index (κ1) is 35.3. The molecular formula is C46H40N2O6. The van der Waals surface area contributed by atoms with Crippen LogP contribution >= 0.6 is 0 Å². The van der Waals surface area contributed by atoms with Gasteiger partial charge in [-0.25, -0.2) is 0 Å². The van der Waals surface area contributed by atoms with Crippen LogP contribution in [0, 0.1) is 0 Å². The molecule has 0 aromatic heterocycles. The number of rotatable bonds is 14. The molecule has 0 atom stereocenters. The fourth-order valence-electron chi connectivity index (χ4n) is 6.02. The Morgan fingerprint density at radius 2 is 0.481 bits per heavy atom. The van der Waals surface area contributed by atoms with Gasteiger partial charge in [0.1, 0.15) is 46.0 Å². The molecule has 7 aromatic carbocycles. The Kier molecular flexibility index (Phi) is 10.8. The van der Waals surface area contributed by atoms with Crippen molar-refractivity contribution in [2.75, 3.05) is 38.2 Å². The molecule has 0 radical (unpaired) electrons. The molecule has 270 valence electrons. The van der Waals surface area contributed by atoms with Gasteiger partial charge in [-0.2, -0.15) is 0 Å². The third-order valence-electron chi connectivity index (χ3n) is 8.79. The first-order valence-electron chi connectivity index (χ1n) is 17.4. The average Bonchev–Trinajstić information content (AvgIpc) is 3.23. The van der Waals surface area contributed by atoms with Crippen molar-refractivity contribution in [3.63, 3.8) is 0 Å². The van der Waals surface area contributed by atoms with E-state index in [1.165, 1.54) is 0 Å². The molecule has 0 N–H and O–H groups in total. The minimum absolute atomic E-state index is 0.657. The van der Waals surface area contributed by atoms with Crippen molar-refractivity contribution in [3.05, 3.63) is 170 Å². The summed E-state index contributed by atoms with van der Waals surface area (Å²) in [5.41, 5.74) is 5.89. The second kappa shape index (κ2) is 16.5. The molecule has 0 fully saturated rings. The Morgan fingerprint density at radius 3 is 0.704 bits per heavy atom. The Hall–Kier alpha value is -7.06. The van der Waals surface area contributed by atoms with Gasteiger partial charge in [-0.3, -0.25) is 0 Å². The summed E-state index contributed by atoms with van der Waals surface area (Å²) in [5, 5.41) is 0. The van der Waals surface area contributed by atoms with E-state index in [4.69, 9.17) is 28.4 Å². The predicted molar refractivity (Wildman–Crippen MR) is 215 cm³/mol. The third kappa shape index (κ3) is 8.19. The number of hydrogen-bond acceptors (Lipinski definition) is 8. The molecule has 0 aliphatic rings. The number of nitrogens with zero attached hydrogens (tertiary/aromatic N) is 2. The van der Waals surface area contributed by atoms with E-state index in [0.717, 1.165) is 57.1 Å². The summed E-state index contributed by atoms with van der Waals surface area (Å²) >= 11 is 0. The van der Waals surface area contributed by atoms with Crippen LogP contribution < -0.4 is 38.2 Å². The lowest BCUT2D eigenvalue weighted by molar-refractivity contribution is 0.414. The van der Waals surface area contributed by atoms with E-state index in [2.05, 4.69) is 9.80 Å². The van der Waals surface area contributed by atoms with Crippen molar-refractivity contribution in [2.24, 2.45) is 0 Å². The topological polar surface area (TPSA) is 61.9 Å². The van der Waals surface area contributed by atoms with Crippen LogP contribution in [-0.2, 0) is 0 Å². The number of ether oxygens (including phenoxy) is 6. The minimum atomic E-state index is 0.657. The van der Waals surface area contributed by atoms with Gasteiger partial charge in [-0.1, -0.05) is 6.07 Å². The largest absolute Gasteiger partial charge is 0.497 e. The fourth-order valence-corrected chi connectivity index (χ4v) is 6.02. The second-order valence-electron chi connectivity index (χ2n) is 12.1. The highest BCUT2D eigenvalue weighted by atomic mass is 16.5. The summed E-state index contributed by atoms with van der Waals surface area (Å²) < 4.78 is 34.1. The summed E-state index contributed by atoms with van der Waals surface area (Å²) in [6.45, 7) is 0. The van der Waals surface area contributed by atoms with Gasteiger partial charge in [0.2, 0.25) is 0 Å². The SMILES string of the molecule is COc1ccc(N(c2ccc(OC)cc2)c2ccc(Oc3cccc(Oc4ccc(N(c5ccc(OC)cc5)c5ccc(OC)cc5)cc4)c3)cc2)cc1. The van der Waals surface area contributed by atoms with E-state index in [9.17, 15) is 0 Å². The van der Waals surface area contributed by atoms with Gasteiger partial charge < -0.3 is 38.2 Å². The zero-order valence-corrected chi connectivity index (χ0v) is 30.5. The minimum Gasteiger partial charge on any atom is -0.497 e. The number of hydrogen-bond donors (Lipinski definition) is 0. The van der Waals surface area contributed by atoms with Crippen LogP contribution in [0.2, 0.25) is 0 Å². The monoisotopic (exact) mass is 716 g/mol. The van der Waals surface area contributed by atoms with E-state index in [0.29, 0.717) is 23.0 Å². The molecule has 8 heteroatoms.